The van der Waals surface area contributed by atoms with E-state index in [4.69, 9.17) is 18.9 Å². The molecule has 2 heterocycles. The van der Waals surface area contributed by atoms with E-state index in [9.17, 15) is 8.42 Å². The van der Waals surface area contributed by atoms with Crippen molar-refractivity contribution in [3.05, 3.63) is 66.2 Å². The lowest BCUT2D eigenvalue weighted by molar-refractivity contribution is -0.317. The highest BCUT2D eigenvalue weighted by Gasteiger charge is 2.55. The molecule has 0 aliphatic carbocycles. The van der Waals surface area contributed by atoms with Crippen LogP contribution in [0.1, 0.15) is 25.7 Å². The summed E-state index contributed by atoms with van der Waals surface area (Å²) in [5.41, 5.74) is 0.836. The molecule has 1 N–H and O–H groups in total. The minimum Gasteiger partial charge on any atom is -0.354 e. The van der Waals surface area contributed by atoms with Crippen LogP contribution in [0.5, 0.6) is 0 Å². The van der Waals surface area contributed by atoms with Crippen LogP contribution in [0.2, 0.25) is 0 Å². The molecule has 2 aromatic rings. The van der Waals surface area contributed by atoms with E-state index >= 15 is 0 Å². The summed E-state index contributed by atoms with van der Waals surface area (Å²) in [7, 11) is -2.25. The van der Waals surface area contributed by atoms with Gasteiger partial charge in [-0.15, -0.1) is 0 Å². The van der Waals surface area contributed by atoms with Crippen molar-refractivity contribution in [1.29, 1.82) is 0 Å². The van der Waals surface area contributed by atoms with Crippen molar-refractivity contribution >= 4 is 9.84 Å². The Labute approximate surface area is 189 Å². The number of benzene rings is 2. The zero-order valence-corrected chi connectivity index (χ0v) is 19.4. The average Bonchev–Trinajstić information content (AvgIpc) is 2.82. The predicted octanol–water partition coefficient (Wildman–Crippen LogP) is 2.93. The number of rotatable bonds is 7. The third-order valence-corrected chi connectivity index (χ3v) is 8.04. The summed E-state index contributed by atoms with van der Waals surface area (Å²) < 4.78 is 51.8. The van der Waals surface area contributed by atoms with Gasteiger partial charge in [-0.05, 0) is 24.6 Å². The Morgan fingerprint density at radius 2 is 1.69 bits per heavy atom. The van der Waals surface area contributed by atoms with Crippen LogP contribution >= 0.6 is 0 Å². The van der Waals surface area contributed by atoms with Crippen molar-refractivity contribution in [3.63, 3.8) is 0 Å². The number of nitrogens with one attached hydrogen (secondary N) is 1. The molecule has 6 atom stereocenters. The molecule has 32 heavy (non-hydrogen) atoms. The standard InChI is InChI=1S/C24H31NO6S/c1-16(2)14-25-20-22(32(26,27)18-12-8-5-9-13-18)21-19(30-24(20)28-3)15-29-23(31-21)17-10-6-4-7-11-17/h4-13,16,19-25H,14-15H2,1-3H3/t19-,20-,21-,22-,23?,24-/m1/s1. The number of ether oxygens (including phenoxy) is 4. The Morgan fingerprint density at radius 1 is 1.03 bits per heavy atom. The number of hydrogen-bond acceptors (Lipinski definition) is 7. The molecular weight excluding hydrogens is 430 g/mol. The summed E-state index contributed by atoms with van der Waals surface area (Å²) in [6, 6.07) is 17.4. The molecule has 0 bridgehead atoms. The van der Waals surface area contributed by atoms with E-state index in [-0.39, 0.29) is 11.5 Å². The molecule has 1 unspecified atom stereocenters. The van der Waals surface area contributed by atoms with Gasteiger partial charge < -0.3 is 24.3 Å². The van der Waals surface area contributed by atoms with Crippen LogP contribution < -0.4 is 5.32 Å². The molecule has 2 aromatic carbocycles. The summed E-state index contributed by atoms with van der Waals surface area (Å²) >= 11 is 0. The van der Waals surface area contributed by atoms with Crippen molar-refractivity contribution in [2.45, 2.75) is 54.8 Å². The molecule has 4 rings (SSSR count). The van der Waals surface area contributed by atoms with Crippen LogP contribution in [0.3, 0.4) is 0 Å². The minimum absolute atomic E-state index is 0.210. The molecule has 2 aliphatic rings. The molecule has 174 valence electrons. The zero-order chi connectivity index (χ0) is 22.7. The van der Waals surface area contributed by atoms with Gasteiger partial charge in [0.1, 0.15) is 17.5 Å². The number of hydrogen-bond donors (Lipinski definition) is 1. The SMILES string of the molecule is CO[C@@H]1O[C@@H]2COC(c3ccccc3)O[C@H]2[C@H](S(=O)(=O)c2ccccc2)[C@H]1NCC(C)C. The van der Waals surface area contributed by atoms with E-state index in [0.29, 0.717) is 12.5 Å². The zero-order valence-electron chi connectivity index (χ0n) is 18.6. The molecule has 2 aliphatic heterocycles. The minimum atomic E-state index is -3.78. The fourth-order valence-corrected chi connectivity index (χ4v) is 6.33. The van der Waals surface area contributed by atoms with E-state index in [1.54, 1.807) is 30.3 Å². The maximum atomic E-state index is 13.9. The van der Waals surface area contributed by atoms with Gasteiger partial charge >= 0.3 is 0 Å². The summed E-state index contributed by atoms with van der Waals surface area (Å²) in [6.45, 7) is 4.96. The molecule has 0 spiro atoms. The quantitative estimate of drug-likeness (QED) is 0.679. The van der Waals surface area contributed by atoms with Gasteiger partial charge in [-0.1, -0.05) is 62.4 Å². The highest BCUT2D eigenvalue weighted by molar-refractivity contribution is 7.92. The first kappa shape index (κ1) is 23.4. The molecule has 2 saturated heterocycles. The Balaban J connectivity index is 1.73. The van der Waals surface area contributed by atoms with Gasteiger partial charge in [0.2, 0.25) is 0 Å². The second-order valence-corrected chi connectivity index (χ2v) is 10.7. The molecule has 2 fully saturated rings. The maximum absolute atomic E-state index is 13.9. The van der Waals surface area contributed by atoms with E-state index in [0.717, 1.165) is 5.56 Å². The van der Waals surface area contributed by atoms with Crippen LogP contribution in [0.4, 0.5) is 0 Å². The molecule has 0 amide bonds. The number of sulfone groups is 1. The lowest BCUT2D eigenvalue weighted by Gasteiger charge is -2.49. The van der Waals surface area contributed by atoms with Gasteiger partial charge in [0.05, 0.1) is 17.5 Å². The molecule has 0 radical (unpaired) electrons. The Kier molecular flexibility index (Phi) is 7.29. The summed E-state index contributed by atoms with van der Waals surface area (Å²) in [5, 5.41) is 2.47. The number of methoxy groups -OCH3 is 1. The van der Waals surface area contributed by atoms with Crippen molar-refractivity contribution in [2.75, 3.05) is 20.3 Å². The van der Waals surface area contributed by atoms with E-state index in [2.05, 4.69) is 19.2 Å². The predicted molar refractivity (Wildman–Crippen MR) is 120 cm³/mol. The summed E-state index contributed by atoms with van der Waals surface area (Å²) in [4.78, 5) is 0.253. The normalized spacial score (nSPS) is 30.8. The third-order valence-electron chi connectivity index (χ3n) is 5.83. The summed E-state index contributed by atoms with van der Waals surface area (Å²) in [6.07, 6.45) is -2.71. The lowest BCUT2D eigenvalue weighted by atomic mass is 9.98. The van der Waals surface area contributed by atoms with Crippen molar-refractivity contribution in [2.24, 2.45) is 5.92 Å². The Bertz CT molecular complexity index is 968. The third kappa shape index (κ3) is 4.76. The molecule has 0 saturated carbocycles. The smallest absolute Gasteiger partial charge is 0.185 e. The lowest BCUT2D eigenvalue weighted by Crippen LogP contribution is -2.68. The first-order chi connectivity index (χ1) is 15.4. The van der Waals surface area contributed by atoms with Crippen LogP contribution in [0, 0.1) is 5.92 Å². The van der Waals surface area contributed by atoms with Gasteiger partial charge in [0, 0.05) is 12.7 Å². The van der Waals surface area contributed by atoms with Gasteiger partial charge in [-0.3, -0.25) is 0 Å². The van der Waals surface area contributed by atoms with Gasteiger partial charge in [0.15, 0.2) is 22.4 Å². The van der Waals surface area contributed by atoms with Crippen LogP contribution in [0.25, 0.3) is 0 Å². The highest BCUT2D eigenvalue weighted by Crippen LogP contribution is 2.38. The highest BCUT2D eigenvalue weighted by atomic mass is 32.2. The van der Waals surface area contributed by atoms with Crippen molar-refractivity contribution in [3.8, 4) is 0 Å². The molecule has 0 aromatic heterocycles. The van der Waals surface area contributed by atoms with Crippen LogP contribution in [-0.4, -0.2) is 58.5 Å². The number of fused-ring (bicyclic) bond motifs is 1. The molecule has 7 nitrogen and oxygen atoms in total. The van der Waals surface area contributed by atoms with E-state index in [1.165, 1.54) is 7.11 Å². The van der Waals surface area contributed by atoms with E-state index < -0.39 is 45.9 Å². The van der Waals surface area contributed by atoms with Gasteiger partial charge in [0.25, 0.3) is 0 Å². The van der Waals surface area contributed by atoms with Crippen molar-refractivity contribution < 1.29 is 27.4 Å². The summed E-state index contributed by atoms with van der Waals surface area (Å²) in [5.74, 6) is 0.318. The first-order valence-electron chi connectivity index (χ1n) is 10.9. The second kappa shape index (κ2) is 9.99. The Hall–Kier alpha value is -1.81. The topological polar surface area (TPSA) is 83.1 Å². The second-order valence-electron chi connectivity index (χ2n) is 8.61. The van der Waals surface area contributed by atoms with Crippen LogP contribution in [0.15, 0.2) is 65.6 Å². The van der Waals surface area contributed by atoms with Crippen molar-refractivity contribution in [1.82, 2.24) is 5.32 Å². The van der Waals surface area contributed by atoms with Crippen LogP contribution in [-0.2, 0) is 28.8 Å². The fraction of sp³-hybridized carbons (Fsp3) is 0.500. The largest absolute Gasteiger partial charge is 0.354 e. The fourth-order valence-electron chi connectivity index (χ4n) is 4.28. The van der Waals surface area contributed by atoms with Gasteiger partial charge in [-0.2, -0.15) is 0 Å². The maximum Gasteiger partial charge on any atom is 0.185 e. The van der Waals surface area contributed by atoms with E-state index in [1.807, 2.05) is 30.3 Å². The molecule has 8 heteroatoms. The van der Waals surface area contributed by atoms with Gasteiger partial charge in [-0.25, -0.2) is 8.42 Å². The Morgan fingerprint density at radius 3 is 2.31 bits per heavy atom. The molecular formula is C24H31NO6S. The first-order valence-corrected chi connectivity index (χ1v) is 12.5. The monoisotopic (exact) mass is 461 g/mol. The average molecular weight is 462 g/mol.